The number of imidazole rings is 1. The van der Waals surface area contributed by atoms with Gasteiger partial charge >= 0.3 is 6.03 Å². The third kappa shape index (κ3) is 0.861. The molecule has 0 aliphatic heterocycles. The fourth-order valence-corrected chi connectivity index (χ4v) is 0.765. The number of rotatable bonds is 0. The molecule has 0 aromatic carbocycles. The van der Waals surface area contributed by atoms with Crippen LogP contribution in [0, 0.1) is 0 Å². The first-order valence-electron chi connectivity index (χ1n) is 3.12. The Morgan fingerprint density at radius 1 is 1.45 bits per heavy atom. The SMILES string of the molecule is O=C(n1ccnc1)n1cc[nH]1. The largest absolute Gasteiger partial charge is 0.352 e. The van der Waals surface area contributed by atoms with Gasteiger partial charge in [-0.05, 0) is 0 Å². The van der Waals surface area contributed by atoms with E-state index in [0.717, 1.165) is 0 Å². The summed E-state index contributed by atoms with van der Waals surface area (Å²) in [6.45, 7) is 0. The molecule has 5 heteroatoms. The zero-order valence-corrected chi connectivity index (χ0v) is 5.64. The smallest absolute Gasteiger partial charge is 0.296 e. The van der Waals surface area contributed by atoms with Crippen LogP contribution >= 0.6 is 0 Å². The Morgan fingerprint density at radius 2 is 2.27 bits per heavy atom. The van der Waals surface area contributed by atoms with Gasteiger partial charge in [0.1, 0.15) is 6.33 Å². The lowest BCUT2D eigenvalue weighted by molar-refractivity contribution is 0.239. The van der Waals surface area contributed by atoms with E-state index in [2.05, 4.69) is 10.1 Å². The number of H-pyrrole nitrogens is 1. The van der Waals surface area contributed by atoms with Crippen LogP contribution in [0.5, 0.6) is 0 Å². The first-order valence-corrected chi connectivity index (χ1v) is 3.12. The van der Waals surface area contributed by atoms with Crippen molar-refractivity contribution in [2.75, 3.05) is 0 Å². The highest BCUT2D eigenvalue weighted by molar-refractivity contribution is 5.78. The number of hydrogen-bond acceptors (Lipinski definition) is 2. The Hall–Kier alpha value is -1.78. The van der Waals surface area contributed by atoms with Crippen molar-refractivity contribution in [1.29, 1.82) is 0 Å². The minimum absolute atomic E-state index is 0.162. The standard InChI is InChI=1S/C6H6N4O/c11-6(10-4-2-8-10)9-3-1-7-5-9/h1-5,8H. The summed E-state index contributed by atoms with van der Waals surface area (Å²) in [6, 6.07) is -0.162. The first kappa shape index (κ1) is 5.96. The maximum Gasteiger partial charge on any atom is 0.352 e. The minimum Gasteiger partial charge on any atom is -0.296 e. The molecule has 2 aromatic rings. The number of aromatic amines is 1. The molecule has 0 bridgehead atoms. The lowest BCUT2D eigenvalue weighted by atomic mass is 10.7. The molecule has 0 saturated carbocycles. The van der Waals surface area contributed by atoms with Gasteiger partial charge in [0.25, 0.3) is 0 Å². The van der Waals surface area contributed by atoms with E-state index in [1.807, 2.05) is 0 Å². The Labute approximate surface area is 62.3 Å². The molecule has 1 N–H and O–H groups in total. The van der Waals surface area contributed by atoms with Crippen molar-refractivity contribution in [3.05, 3.63) is 31.1 Å². The predicted octanol–water partition coefficient (Wildman–Crippen LogP) is 0.529. The molecular formula is C6H6N4O. The molecular weight excluding hydrogens is 144 g/mol. The van der Waals surface area contributed by atoms with Crippen LogP contribution in [0.2, 0.25) is 0 Å². The van der Waals surface area contributed by atoms with E-state index in [4.69, 9.17) is 0 Å². The van der Waals surface area contributed by atoms with Crippen LogP contribution in [-0.2, 0) is 0 Å². The lowest BCUT2D eigenvalue weighted by Gasteiger charge is -2.06. The monoisotopic (exact) mass is 150 g/mol. The molecule has 2 rings (SSSR count). The van der Waals surface area contributed by atoms with E-state index in [0.29, 0.717) is 0 Å². The molecule has 0 atom stereocenters. The highest BCUT2D eigenvalue weighted by Crippen LogP contribution is 1.91. The molecule has 0 amide bonds. The van der Waals surface area contributed by atoms with Crippen LogP contribution in [0.15, 0.2) is 31.1 Å². The second kappa shape index (κ2) is 2.12. The molecule has 0 saturated heterocycles. The van der Waals surface area contributed by atoms with Crippen molar-refractivity contribution < 1.29 is 4.79 Å². The molecule has 0 radical (unpaired) electrons. The van der Waals surface area contributed by atoms with Crippen molar-refractivity contribution >= 4 is 6.03 Å². The summed E-state index contributed by atoms with van der Waals surface area (Å²) in [7, 11) is 0. The summed E-state index contributed by atoms with van der Waals surface area (Å²) < 4.78 is 2.75. The number of carbonyl (C=O) groups excluding carboxylic acids is 1. The van der Waals surface area contributed by atoms with Crippen LogP contribution < -0.4 is 0 Å². The molecule has 0 unspecified atom stereocenters. The molecule has 56 valence electrons. The van der Waals surface area contributed by atoms with Crippen LogP contribution in [-0.4, -0.2) is 25.4 Å². The number of nitrogens with zero attached hydrogens (tertiary/aromatic N) is 3. The van der Waals surface area contributed by atoms with Crippen LogP contribution in [0.25, 0.3) is 0 Å². The number of aromatic nitrogens is 4. The van der Waals surface area contributed by atoms with Gasteiger partial charge in [-0.1, -0.05) is 0 Å². The summed E-state index contributed by atoms with van der Waals surface area (Å²) in [4.78, 5) is 15.0. The van der Waals surface area contributed by atoms with Gasteiger partial charge < -0.3 is 0 Å². The zero-order chi connectivity index (χ0) is 7.68. The van der Waals surface area contributed by atoms with E-state index in [1.54, 1.807) is 24.8 Å². The summed E-state index contributed by atoms with van der Waals surface area (Å²) in [5.41, 5.74) is 0. The molecule has 0 spiro atoms. The highest BCUT2D eigenvalue weighted by atomic mass is 16.2. The van der Waals surface area contributed by atoms with Gasteiger partial charge in [-0.3, -0.25) is 9.67 Å². The Kier molecular flexibility index (Phi) is 1.15. The molecule has 0 aliphatic rings. The van der Waals surface area contributed by atoms with Gasteiger partial charge in [-0.2, -0.15) is 0 Å². The fourth-order valence-electron chi connectivity index (χ4n) is 0.765. The molecule has 0 aliphatic carbocycles. The number of nitrogens with one attached hydrogen (secondary N) is 1. The van der Waals surface area contributed by atoms with E-state index < -0.39 is 0 Å². The Bertz CT molecular complexity index is 333. The normalized spacial score (nSPS) is 10.2. The van der Waals surface area contributed by atoms with E-state index in [1.165, 1.54) is 15.6 Å². The van der Waals surface area contributed by atoms with Crippen molar-refractivity contribution in [3.8, 4) is 0 Å². The van der Waals surface area contributed by atoms with Gasteiger partial charge in [0.05, 0.1) is 0 Å². The minimum atomic E-state index is -0.162. The number of carbonyl (C=O) groups is 1. The van der Waals surface area contributed by atoms with Crippen molar-refractivity contribution in [1.82, 2.24) is 19.3 Å². The maximum absolute atomic E-state index is 11.2. The quantitative estimate of drug-likeness (QED) is 0.595. The van der Waals surface area contributed by atoms with Gasteiger partial charge in [-0.25, -0.2) is 14.5 Å². The average Bonchev–Trinajstić information content (AvgIpc) is 2.32. The molecule has 0 fully saturated rings. The number of hydrogen-bond donors (Lipinski definition) is 1. The van der Waals surface area contributed by atoms with Crippen LogP contribution in [0.1, 0.15) is 0 Å². The van der Waals surface area contributed by atoms with E-state index >= 15 is 0 Å². The topological polar surface area (TPSA) is 55.6 Å². The Balaban J connectivity index is 2.29. The van der Waals surface area contributed by atoms with Crippen molar-refractivity contribution in [2.45, 2.75) is 0 Å². The van der Waals surface area contributed by atoms with Gasteiger partial charge in [0.2, 0.25) is 0 Å². The third-order valence-corrected chi connectivity index (χ3v) is 1.37. The summed E-state index contributed by atoms with van der Waals surface area (Å²) in [5, 5.41) is 2.69. The fraction of sp³-hybridized carbons (Fsp3) is 0. The lowest BCUT2D eigenvalue weighted by Crippen LogP contribution is -2.22. The molecule has 2 aromatic heterocycles. The first-order chi connectivity index (χ1) is 5.38. The van der Waals surface area contributed by atoms with E-state index in [9.17, 15) is 4.79 Å². The maximum atomic E-state index is 11.2. The summed E-state index contributed by atoms with van der Waals surface area (Å²) in [5.74, 6) is 0. The van der Waals surface area contributed by atoms with Crippen LogP contribution in [0.4, 0.5) is 4.79 Å². The predicted molar refractivity (Wildman–Crippen MR) is 37.2 cm³/mol. The van der Waals surface area contributed by atoms with Crippen LogP contribution in [0.3, 0.4) is 0 Å². The van der Waals surface area contributed by atoms with E-state index in [-0.39, 0.29) is 6.03 Å². The molecule has 2 heterocycles. The van der Waals surface area contributed by atoms with Gasteiger partial charge in [-0.15, -0.1) is 0 Å². The second-order valence-corrected chi connectivity index (χ2v) is 2.07. The van der Waals surface area contributed by atoms with Crippen molar-refractivity contribution in [2.24, 2.45) is 0 Å². The summed E-state index contributed by atoms with van der Waals surface area (Å²) in [6.07, 6.45) is 7.92. The molecule has 11 heavy (non-hydrogen) atoms. The third-order valence-electron chi connectivity index (χ3n) is 1.37. The summed E-state index contributed by atoms with van der Waals surface area (Å²) >= 11 is 0. The van der Waals surface area contributed by atoms with Crippen molar-refractivity contribution in [3.63, 3.8) is 0 Å². The Morgan fingerprint density at radius 3 is 2.73 bits per heavy atom. The zero-order valence-electron chi connectivity index (χ0n) is 5.64. The highest BCUT2D eigenvalue weighted by Gasteiger charge is 2.04. The average molecular weight is 150 g/mol. The van der Waals surface area contributed by atoms with Gasteiger partial charge in [0, 0.05) is 24.8 Å². The second-order valence-electron chi connectivity index (χ2n) is 2.07. The van der Waals surface area contributed by atoms with Gasteiger partial charge in [0.15, 0.2) is 0 Å². The molecule has 5 nitrogen and oxygen atoms in total.